The maximum Gasteiger partial charge on any atom is 0.338 e. The van der Waals surface area contributed by atoms with Crippen molar-refractivity contribution in [3.63, 3.8) is 0 Å². The van der Waals surface area contributed by atoms with E-state index in [9.17, 15) is 9.59 Å². The molecular weight excluding hydrogens is 495 g/mol. The number of anilines is 1. The first-order valence-electron chi connectivity index (χ1n) is 9.17. The predicted octanol–water partition coefficient (Wildman–Crippen LogP) is 4.41. The van der Waals surface area contributed by atoms with Crippen LogP contribution in [0.3, 0.4) is 0 Å². The summed E-state index contributed by atoms with van der Waals surface area (Å²) in [6, 6.07) is 16.1. The Bertz CT molecular complexity index is 1210. The van der Waals surface area contributed by atoms with Crippen LogP contribution in [0.2, 0.25) is 0 Å². The second-order valence-electron chi connectivity index (χ2n) is 6.60. The number of benzene rings is 2. The van der Waals surface area contributed by atoms with Crippen molar-refractivity contribution in [2.45, 2.75) is 13.0 Å². The summed E-state index contributed by atoms with van der Waals surface area (Å²) in [4.78, 5) is 36.6. The van der Waals surface area contributed by atoms with Gasteiger partial charge in [0.05, 0.1) is 16.6 Å². The Morgan fingerprint density at radius 2 is 1.93 bits per heavy atom. The summed E-state index contributed by atoms with van der Waals surface area (Å²) in [7, 11) is 0. The van der Waals surface area contributed by atoms with Gasteiger partial charge in [0.2, 0.25) is 0 Å². The van der Waals surface area contributed by atoms with Crippen molar-refractivity contribution in [1.29, 1.82) is 0 Å². The van der Waals surface area contributed by atoms with Crippen molar-refractivity contribution in [3.05, 3.63) is 76.1 Å². The SMILES string of the molecule is CC(OC(=O)c1ccc2nc(-c3cccnc3)[nH]c2c1)C(=O)Nc1ccc(I)cc1. The van der Waals surface area contributed by atoms with Gasteiger partial charge in [0.25, 0.3) is 5.91 Å². The number of halogens is 1. The fourth-order valence-corrected chi connectivity index (χ4v) is 3.19. The van der Waals surface area contributed by atoms with Crippen LogP contribution in [0, 0.1) is 3.57 Å². The van der Waals surface area contributed by atoms with E-state index in [1.165, 1.54) is 6.92 Å². The Morgan fingerprint density at radius 1 is 1.13 bits per heavy atom. The van der Waals surface area contributed by atoms with Gasteiger partial charge in [-0.2, -0.15) is 0 Å². The Balaban J connectivity index is 1.45. The zero-order valence-electron chi connectivity index (χ0n) is 15.9. The minimum atomic E-state index is -0.944. The fourth-order valence-electron chi connectivity index (χ4n) is 2.84. The number of amides is 1. The number of rotatable bonds is 5. The summed E-state index contributed by atoms with van der Waals surface area (Å²) in [6.07, 6.45) is 2.46. The number of nitrogens with zero attached hydrogens (tertiary/aromatic N) is 2. The number of pyridine rings is 1. The largest absolute Gasteiger partial charge is 0.449 e. The summed E-state index contributed by atoms with van der Waals surface area (Å²) in [5, 5.41) is 2.74. The number of hydrogen-bond donors (Lipinski definition) is 2. The molecule has 7 nitrogen and oxygen atoms in total. The Labute approximate surface area is 186 Å². The molecule has 0 radical (unpaired) electrons. The molecule has 30 heavy (non-hydrogen) atoms. The van der Waals surface area contributed by atoms with Crippen LogP contribution in [0.25, 0.3) is 22.4 Å². The molecule has 8 heteroatoms. The molecular formula is C22H17IN4O3. The van der Waals surface area contributed by atoms with E-state index in [4.69, 9.17) is 4.74 Å². The van der Waals surface area contributed by atoms with Crippen LogP contribution in [-0.4, -0.2) is 32.9 Å². The highest BCUT2D eigenvalue weighted by Crippen LogP contribution is 2.21. The Morgan fingerprint density at radius 3 is 2.67 bits per heavy atom. The number of aromatic nitrogens is 3. The standard InChI is InChI=1S/C22H17IN4O3/c1-13(21(28)25-17-7-5-16(23)6-8-17)30-22(29)14-4-9-18-19(11-14)27-20(26-18)15-3-2-10-24-12-15/h2-13H,1H3,(H,25,28)(H,26,27). The molecule has 0 aliphatic heterocycles. The molecule has 2 N–H and O–H groups in total. The second-order valence-corrected chi connectivity index (χ2v) is 7.85. The van der Waals surface area contributed by atoms with E-state index in [2.05, 4.69) is 42.9 Å². The molecule has 0 fully saturated rings. The number of esters is 1. The molecule has 0 bridgehead atoms. The quantitative estimate of drug-likeness (QED) is 0.305. The average molecular weight is 512 g/mol. The van der Waals surface area contributed by atoms with E-state index in [-0.39, 0.29) is 0 Å². The molecule has 2 aromatic carbocycles. The predicted molar refractivity (Wildman–Crippen MR) is 122 cm³/mol. The van der Waals surface area contributed by atoms with Crippen molar-refractivity contribution < 1.29 is 14.3 Å². The molecule has 1 unspecified atom stereocenters. The van der Waals surface area contributed by atoms with E-state index in [1.54, 1.807) is 42.7 Å². The van der Waals surface area contributed by atoms with Gasteiger partial charge < -0.3 is 15.0 Å². The van der Waals surface area contributed by atoms with Gasteiger partial charge >= 0.3 is 5.97 Å². The van der Waals surface area contributed by atoms with Crippen LogP contribution in [0.15, 0.2) is 67.0 Å². The first-order chi connectivity index (χ1) is 14.5. The number of carbonyl (C=O) groups excluding carboxylic acids is 2. The molecule has 0 aliphatic rings. The highest BCUT2D eigenvalue weighted by molar-refractivity contribution is 14.1. The van der Waals surface area contributed by atoms with Crippen LogP contribution in [0.5, 0.6) is 0 Å². The zero-order chi connectivity index (χ0) is 21.1. The van der Waals surface area contributed by atoms with Crippen LogP contribution in [-0.2, 0) is 9.53 Å². The first kappa shape index (κ1) is 20.0. The van der Waals surface area contributed by atoms with Crippen LogP contribution in [0.1, 0.15) is 17.3 Å². The third kappa shape index (κ3) is 4.48. The lowest BCUT2D eigenvalue weighted by atomic mass is 10.2. The number of ether oxygens (including phenoxy) is 1. The number of imidazole rings is 1. The minimum absolute atomic E-state index is 0.331. The van der Waals surface area contributed by atoms with Gasteiger partial charge in [0.1, 0.15) is 5.82 Å². The van der Waals surface area contributed by atoms with Crippen molar-refractivity contribution in [2.75, 3.05) is 5.32 Å². The van der Waals surface area contributed by atoms with Gasteiger partial charge in [-0.25, -0.2) is 9.78 Å². The lowest BCUT2D eigenvalue weighted by Crippen LogP contribution is -2.30. The molecule has 1 atom stereocenters. The highest BCUT2D eigenvalue weighted by Gasteiger charge is 2.20. The minimum Gasteiger partial charge on any atom is -0.449 e. The number of hydrogen-bond acceptors (Lipinski definition) is 5. The molecule has 1 amide bonds. The molecule has 2 aromatic heterocycles. The number of aromatic amines is 1. The summed E-state index contributed by atoms with van der Waals surface area (Å²) in [6.45, 7) is 1.54. The van der Waals surface area contributed by atoms with Crippen LogP contribution >= 0.6 is 22.6 Å². The summed E-state index contributed by atoms with van der Waals surface area (Å²) in [5.74, 6) is -0.320. The summed E-state index contributed by atoms with van der Waals surface area (Å²) < 4.78 is 6.40. The Hall–Kier alpha value is -3.27. The van der Waals surface area contributed by atoms with E-state index >= 15 is 0 Å². The van der Waals surface area contributed by atoms with Gasteiger partial charge in [-0.05, 0) is 84.1 Å². The third-order valence-corrected chi connectivity index (χ3v) is 5.14. The Kier molecular flexibility index (Phi) is 5.75. The summed E-state index contributed by atoms with van der Waals surface area (Å²) >= 11 is 2.18. The van der Waals surface area contributed by atoms with Gasteiger partial charge in [-0.15, -0.1) is 0 Å². The lowest BCUT2D eigenvalue weighted by Gasteiger charge is -2.13. The van der Waals surface area contributed by atoms with Gasteiger partial charge in [-0.3, -0.25) is 9.78 Å². The van der Waals surface area contributed by atoms with Crippen molar-refractivity contribution in [3.8, 4) is 11.4 Å². The highest BCUT2D eigenvalue weighted by atomic mass is 127. The molecule has 0 aliphatic carbocycles. The topological polar surface area (TPSA) is 97.0 Å². The van der Waals surface area contributed by atoms with Crippen LogP contribution in [0.4, 0.5) is 5.69 Å². The smallest absolute Gasteiger partial charge is 0.338 e. The monoisotopic (exact) mass is 512 g/mol. The molecule has 150 valence electrons. The van der Waals surface area contributed by atoms with E-state index in [0.717, 1.165) is 14.7 Å². The molecule has 0 spiro atoms. The molecule has 4 rings (SSSR count). The molecule has 2 heterocycles. The molecule has 0 saturated carbocycles. The van der Waals surface area contributed by atoms with Gasteiger partial charge in [-0.1, -0.05) is 0 Å². The number of fused-ring (bicyclic) bond motifs is 1. The number of nitrogens with one attached hydrogen (secondary N) is 2. The molecule has 0 saturated heterocycles. The average Bonchev–Trinajstić information content (AvgIpc) is 3.19. The maximum atomic E-state index is 12.5. The third-order valence-electron chi connectivity index (χ3n) is 4.42. The maximum absolute atomic E-state index is 12.5. The van der Waals surface area contributed by atoms with Gasteiger partial charge in [0, 0.05) is 27.2 Å². The summed E-state index contributed by atoms with van der Waals surface area (Å²) in [5.41, 5.74) is 3.23. The van der Waals surface area contributed by atoms with E-state index in [0.29, 0.717) is 22.6 Å². The normalized spacial score (nSPS) is 11.8. The van der Waals surface area contributed by atoms with E-state index < -0.39 is 18.0 Å². The second kappa shape index (κ2) is 8.62. The molecule has 4 aromatic rings. The number of H-pyrrole nitrogens is 1. The van der Waals surface area contributed by atoms with Crippen molar-refractivity contribution in [2.24, 2.45) is 0 Å². The van der Waals surface area contributed by atoms with Crippen molar-refractivity contribution >= 4 is 51.2 Å². The zero-order valence-corrected chi connectivity index (χ0v) is 18.1. The number of carbonyl (C=O) groups is 2. The van der Waals surface area contributed by atoms with Crippen molar-refractivity contribution in [1.82, 2.24) is 15.0 Å². The van der Waals surface area contributed by atoms with Gasteiger partial charge in [0.15, 0.2) is 6.10 Å². The van der Waals surface area contributed by atoms with Crippen LogP contribution < -0.4 is 5.32 Å². The van der Waals surface area contributed by atoms with E-state index in [1.807, 2.05) is 24.3 Å². The first-order valence-corrected chi connectivity index (χ1v) is 10.2. The fraction of sp³-hybridized carbons (Fsp3) is 0.0909. The lowest BCUT2D eigenvalue weighted by molar-refractivity contribution is -0.123.